The van der Waals surface area contributed by atoms with Gasteiger partial charge in [-0.15, -0.1) is 0 Å². The molecule has 1 heterocycles. The van der Waals surface area contributed by atoms with Gasteiger partial charge in [0.25, 0.3) is 0 Å². The van der Waals surface area contributed by atoms with E-state index in [0.29, 0.717) is 12.3 Å². The van der Waals surface area contributed by atoms with Crippen LogP contribution < -0.4 is 10.5 Å². The molecule has 0 atom stereocenters. The van der Waals surface area contributed by atoms with Crippen molar-refractivity contribution >= 4 is 16.5 Å². The zero-order chi connectivity index (χ0) is 14.7. The number of fused-ring (bicyclic) bond motifs is 1. The maximum atomic E-state index is 8.85. The lowest BCUT2D eigenvalue weighted by Gasteiger charge is -2.11. The summed E-state index contributed by atoms with van der Waals surface area (Å²) in [6.07, 6.45) is 1.61. The van der Waals surface area contributed by atoms with Gasteiger partial charge in [-0.05, 0) is 29.8 Å². The van der Waals surface area contributed by atoms with E-state index < -0.39 is 0 Å². The predicted octanol–water partition coefficient (Wildman–Crippen LogP) is 3.27. The number of nitrogens with zero attached hydrogens (tertiary/aromatic N) is 2. The summed E-state index contributed by atoms with van der Waals surface area (Å²) in [5.74, 6) is 0.773. The summed E-state index contributed by atoms with van der Waals surface area (Å²) >= 11 is 0. The molecule has 3 aromatic rings. The number of pyridine rings is 1. The number of benzene rings is 2. The minimum absolute atomic E-state index is 0.380. The molecule has 3 rings (SSSR count). The normalized spacial score (nSPS) is 10.2. The molecule has 0 aliphatic heterocycles. The van der Waals surface area contributed by atoms with Crippen LogP contribution in [0.15, 0.2) is 54.7 Å². The molecule has 0 aliphatic carbocycles. The highest BCUT2D eigenvalue weighted by Crippen LogP contribution is 2.30. The SMILES string of the molecule is N#Cc1cc(COc2ccc(N)c3ccccc23)ccn1. The van der Waals surface area contributed by atoms with E-state index in [-0.39, 0.29) is 0 Å². The molecule has 0 unspecified atom stereocenters. The third-order valence-corrected chi connectivity index (χ3v) is 3.25. The van der Waals surface area contributed by atoms with Crippen molar-refractivity contribution in [2.45, 2.75) is 6.61 Å². The van der Waals surface area contributed by atoms with E-state index in [0.717, 1.165) is 27.8 Å². The van der Waals surface area contributed by atoms with Crippen molar-refractivity contribution in [1.29, 1.82) is 5.26 Å². The summed E-state index contributed by atoms with van der Waals surface area (Å²) in [6, 6.07) is 17.1. The fourth-order valence-electron chi connectivity index (χ4n) is 2.21. The van der Waals surface area contributed by atoms with E-state index in [1.807, 2.05) is 48.5 Å². The molecule has 2 N–H and O–H groups in total. The third kappa shape index (κ3) is 2.63. The molecule has 0 saturated heterocycles. The molecule has 0 radical (unpaired) electrons. The fraction of sp³-hybridized carbons (Fsp3) is 0.0588. The first-order chi connectivity index (χ1) is 10.3. The van der Waals surface area contributed by atoms with Gasteiger partial charge in [-0.2, -0.15) is 5.26 Å². The standard InChI is InChI=1S/C17H13N3O/c18-10-13-9-12(7-8-20-13)11-21-17-6-5-16(19)14-3-1-2-4-15(14)17/h1-9H,11,19H2. The topological polar surface area (TPSA) is 71.9 Å². The van der Waals surface area contributed by atoms with Crippen LogP contribution in [0, 0.1) is 11.3 Å². The number of hydrogen-bond donors (Lipinski definition) is 1. The molecule has 0 spiro atoms. The van der Waals surface area contributed by atoms with E-state index in [4.69, 9.17) is 15.7 Å². The molecule has 4 nitrogen and oxygen atoms in total. The van der Waals surface area contributed by atoms with Gasteiger partial charge in [-0.25, -0.2) is 4.98 Å². The summed E-state index contributed by atoms with van der Waals surface area (Å²) in [7, 11) is 0. The van der Waals surface area contributed by atoms with Crippen molar-refractivity contribution in [2.24, 2.45) is 0 Å². The smallest absolute Gasteiger partial charge is 0.140 e. The summed E-state index contributed by atoms with van der Waals surface area (Å²) < 4.78 is 5.87. The van der Waals surface area contributed by atoms with Crippen LogP contribution in [-0.2, 0) is 6.61 Å². The summed E-state index contributed by atoms with van der Waals surface area (Å²) in [5, 5.41) is 10.8. The molecular weight excluding hydrogens is 262 g/mol. The van der Waals surface area contributed by atoms with Gasteiger partial charge in [-0.1, -0.05) is 24.3 Å². The Labute approximate surface area is 122 Å². The Morgan fingerprint density at radius 2 is 1.90 bits per heavy atom. The average molecular weight is 275 g/mol. The van der Waals surface area contributed by atoms with E-state index in [9.17, 15) is 0 Å². The number of rotatable bonds is 3. The second-order valence-corrected chi connectivity index (χ2v) is 4.65. The Morgan fingerprint density at radius 3 is 2.71 bits per heavy atom. The van der Waals surface area contributed by atoms with Crippen LogP contribution in [0.1, 0.15) is 11.3 Å². The summed E-state index contributed by atoms with van der Waals surface area (Å²) in [5.41, 5.74) is 7.99. The molecular formula is C17H13N3O. The van der Waals surface area contributed by atoms with Crippen molar-refractivity contribution in [3.05, 3.63) is 66.0 Å². The van der Waals surface area contributed by atoms with Crippen LogP contribution in [0.3, 0.4) is 0 Å². The van der Waals surface area contributed by atoms with Crippen molar-refractivity contribution in [3.63, 3.8) is 0 Å². The van der Waals surface area contributed by atoms with Gasteiger partial charge in [0.2, 0.25) is 0 Å². The molecule has 0 aliphatic rings. The van der Waals surface area contributed by atoms with Crippen molar-refractivity contribution in [2.75, 3.05) is 5.73 Å². The molecule has 4 heteroatoms. The van der Waals surface area contributed by atoms with Gasteiger partial charge < -0.3 is 10.5 Å². The second-order valence-electron chi connectivity index (χ2n) is 4.65. The van der Waals surface area contributed by atoms with E-state index in [2.05, 4.69) is 4.98 Å². The first kappa shape index (κ1) is 12.9. The number of aromatic nitrogens is 1. The first-order valence-corrected chi connectivity index (χ1v) is 6.53. The molecule has 2 aromatic carbocycles. The summed E-state index contributed by atoms with van der Waals surface area (Å²) in [4.78, 5) is 3.94. The maximum absolute atomic E-state index is 8.85. The Hall–Kier alpha value is -3.06. The minimum atomic E-state index is 0.380. The number of nitriles is 1. The molecule has 0 saturated carbocycles. The minimum Gasteiger partial charge on any atom is -0.488 e. The number of hydrogen-bond acceptors (Lipinski definition) is 4. The lowest BCUT2D eigenvalue weighted by atomic mass is 10.1. The molecule has 102 valence electrons. The van der Waals surface area contributed by atoms with Crippen LogP contribution >= 0.6 is 0 Å². The predicted molar refractivity (Wildman–Crippen MR) is 81.6 cm³/mol. The Morgan fingerprint density at radius 1 is 1.10 bits per heavy atom. The fourth-order valence-corrected chi connectivity index (χ4v) is 2.21. The molecule has 21 heavy (non-hydrogen) atoms. The van der Waals surface area contributed by atoms with E-state index in [1.54, 1.807) is 12.3 Å². The number of nitrogen functional groups attached to an aromatic ring is 1. The van der Waals surface area contributed by atoms with Crippen molar-refractivity contribution in [1.82, 2.24) is 4.98 Å². The van der Waals surface area contributed by atoms with Crippen LogP contribution in [0.5, 0.6) is 5.75 Å². The zero-order valence-corrected chi connectivity index (χ0v) is 11.3. The van der Waals surface area contributed by atoms with Gasteiger partial charge in [-0.3, -0.25) is 0 Å². The van der Waals surface area contributed by atoms with Gasteiger partial charge in [0.15, 0.2) is 0 Å². The molecule has 1 aromatic heterocycles. The highest BCUT2D eigenvalue weighted by Gasteiger charge is 2.05. The maximum Gasteiger partial charge on any atom is 0.140 e. The van der Waals surface area contributed by atoms with Gasteiger partial charge in [0.1, 0.15) is 24.1 Å². The number of anilines is 1. The van der Waals surface area contributed by atoms with Crippen LogP contribution in [0.4, 0.5) is 5.69 Å². The lowest BCUT2D eigenvalue weighted by Crippen LogP contribution is -1.98. The molecule has 0 amide bonds. The Balaban J connectivity index is 1.89. The highest BCUT2D eigenvalue weighted by atomic mass is 16.5. The monoisotopic (exact) mass is 275 g/mol. The second kappa shape index (κ2) is 5.51. The summed E-state index contributed by atoms with van der Waals surface area (Å²) in [6.45, 7) is 0.380. The van der Waals surface area contributed by atoms with E-state index in [1.165, 1.54) is 0 Å². The van der Waals surface area contributed by atoms with Gasteiger partial charge in [0, 0.05) is 22.7 Å². The van der Waals surface area contributed by atoms with Crippen LogP contribution in [0.25, 0.3) is 10.8 Å². The zero-order valence-electron chi connectivity index (χ0n) is 11.3. The number of ether oxygens (including phenoxy) is 1. The average Bonchev–Trinajstić information content (AvgIpc) is 2.55. The van der Waals surface area contributed by atoms with Gasteiger partial charge in [0.05, 0.1) is 0 Å². The molecule has 0 fully saturated rings. The first-order valence-electron chi connectivity index (χ1n) is 6.53. The molecule has 0 bridgehead atoms. The van der Waals surface area contributed by atoms with Crippen LogP contribution in [0.2, 0.25) is 0 Å². The Kier molecular flexibility index (Phi) is 3.40. The van der Waals surface area contributed by atoms with Crippen molar-refractivity contribution in [3.8, 4) is 11.8 Å². The quantitative estimate of drug-likeness (QED) is 0.745. The van der Waals surface area contributed by atoms with Gasteiger partial charge >= 0.3 is 0 Å². The largest absolute Gasteiger partial charge is 0.488 e. The Bertz CT molecular complexity index is 837. The highest BCUT2D eigenvalue weighted by molar-refractivity contribution is 5.96. The number of nitrogens with two attached hydrogens (primary N) is 1. The van der Waals surface area contributed by atoms with Crippen LogP contribution in [-0.4, -0.2) is 4.98 Å². The third-order valence-electron chi connectivity index (χ3n) is 3.25. The lowest BCUT2D eigenvalue weighted by molar-refractivity contribution is 0.310. The van der Waals surface area contributed by atoms with E-state index >= 15 is 0 Å². The van der Waals surface area contributed by atoms with Crippen molar-refractivity contribution < 1.29 is 4.74 Å².